The summed E-state index contributed by atoms with van der Waals surface area (Å²) in [5, 5.41) is 9.51. The average Bonchev–Trinajstić information content (AvgIpc) is 2.82. The van der Waals surface area contributed by atoms with Gasteiger partial charge in [0.15, 0.2) is 0 Å². The summed E-state index contributed by atoms with van der Waals surface area (Å²) < 4.78 is 0. The van der Waals surface area contributed by atoms with E-state index in [2.05, 4.69) is 4.98 Å². The van der Waals surface area contributed by atoms with Crippen LogP contribution >= 0.6 is 0 Å². The second-order valence-corrected chi connectivity index (χ2v) is 4.71. The lowest BCUT2D eigenvalue weighted by atomic mass is 10.1. The number of nitrogens with zero attached hydrogens (tertiary/aromatic N) is 1. The molecule has 1 aliphatic heterocycles. The Morgan fingerprint density at radius 2 is 2.47 bits per heavy atom. The summed E-state index contributed by atoms with van der Waals surface area (Å²) in [7, 11) is 0. The molecule has 2 rings (SSSR count). The standard InChI is InChI=1S/C13H20N2O2/c16-12-4-2-8-15(10-12)13(17)5-1-3-11-6-7-14-9-11/h6-7,9,12,14,16H,1-5,8,10H2. The van der Waals surface area contributed by atoms with Crippen LogP contribution in [0.2, 0.25) is 0 Å². The van der Waals surface area contributed by atoms with Gasteiger partial charge in [-0.2, -0.15) is 0 Å². The summed E-state index contributed by atoms with van der Waals surface area (Å²) in [6.45, 7) is 1.32. The Kier molecular flexibility index (Phi) is 4.20. The number of nitrogens with one attached hydrogen (secondary N) is 1. The highest BCUT2D eigenvalue weighted by Crippen LogP contribution is 2.12. The molecule has 0 spiro atoms. The lowest BCUT2D eigenvalue weighted by molar-refractivity contribution is -0.134. The van der Waals surface area contributed by atoms with Gasteiger partial charge in [0.2, 0.25) is 5.91 Å². The Balaban J connectivity index is 1.70. The van der Waals surface area contributed by atoms with Crippen molar-refractivity contribution in [2.75, 3.05) is 13.1 Å². The number of carbonyl (C=O) groups excluding carboxylic acids is 1. The molecule has 1 aromatic heterocycles. The number of aliphatic hydroxyl groups is 1. The van der Waals surface area contributed by atoms with Crippen molar-refractivity contribution in [2.45, 2.75) is 38.2 Å². The number of H-pyrrole nitrogens is 1. The molecule has 94 valence electrons. The summed E-state index contributed by atoms with van der Waals surface area (Å²) >= 11 is 0. The van der Waals surface area contributed by atoms with Crippen LogP contribution in [0.1, 0.15) is 31.2 Å². The molecule has 1 aliphatic rings. The van der Waals surface area contributed by atoms with Crippen LogP contribution in [0.25, 0.3) is 0 Å². The molecule has 4 nitrogen and oxygen atoms in total. The molecule has 4 heteroatoms. The summed E-state index contributed by atoms with van der Waals surface area (Å²) in [4.78, 5) is 16.7. The normalized spacial score (nSPS) is 20.5. The Bertz CT molecular complexity index is 348. The van der Waals surface area contributed by atoms with Gasteiger partial charge in [-0.05, 0) is 37.3 Å². The van der Waals surface area contributed by atoms with E-state index in [4.69, 9.17) is 0 Å². The van der Waals surface area contributed by atoms with Gasteiger partial charge < -0.3 is 15.0 Å². The third-order valence-corrected chi connectivity index (χ3v) is 3.27. The number of likely N-dealkylation sites (tertiary alicyclic amines) is 1. The van der Waals surface area contributed by atoms with Crippen LogP contribution in [0.3, 0.4) is 0 Å². The first-order valence-corrected chi connectivity index (χ1v) is 6.33. The molecule has 1 fully saturated rings. The quantitative estimate of drug-likeness (QED) is 0.828. The van der Waals surface area contributed by atoms with Crippen molar-refractivity contribution in [3.8, 4) is 0 Å². The SMILES string of the molecule is O=C(CCCc1cc[nH]c1)N1CCCC(O)C1. The number of aliphatic hydroxyl groups excluding tert-OH is 1. The fraction of sp³-hybridized carbons (Fsp3) is 0.615. The third-order valence-electron chi connectivity index (χ3n) is 3.27. The lowest BCUT2D eigenvalue weighted by Crippen LogP contribution is -2.42. The van der Waals surface area contributed by atoms with Gasteiger partial charge >= 0.3 is 0 Å². The predicted octanol–water partition coefficient (Wildman–Crippen LogP) is 1.32. The van der Waals surface area contributed by atoms with E-state index in [0.29, 0.717) is 13.0 Å². The van der Waals surface area contributed by atoms with Gasteiger partial charge in [0.1, 0.15) is 0 Å². The number of rotatable bonds is 4. The second kappa shape index (κ2) is 5.87. The van der Waals surface area contributed by atoms with E-state index >= 15 is 0 Å². The first-order valence-electron chi connectivity index (χ1n) is 6.33. The van der Waals surface area contributed by atoms with Crippen LogP contribution in [-0.4, -0.2) is 40.1 Å². The van der Waals surface area contributed by atoms with Crippen LogP contribution in [0.4, 0.5) is 0 Å². The maximum absolute atomic E-state index is 11.9. The minimum absolute atomic E-state index is 0.180. The zero-order chi connectivity index (χ0) is 12.1. The highest BCUT2D eigenvalue weighted by Gasteiger charge is 2.21. The van der Waals surface area contributed by atoms with Gasteiger partial charge in [-0.1, -0.05) is 0 Å². The molecule has 1 atom stereocenters. The van der Waals surface area contributed by atoms with Crippen LogP contribution in [0.15, 0.2) is 18.5 Å². The molecule has 1 aromatic rings. The topological polar surface area (TPSA) is 56.3 Å². The van der Waals surface area contributed by atoms with E-state index in [9.17, 15) is 9.90 Å². The molecule has 0 bridgehead atoms. The number of aromatic amines is 1. The van der Waals surface area contributed by atoms with Gasteiger partial charge in [-0.25, -0.2) is 0 Å². The highest BCUT2D eigenvalue weighted by molar-refractivity contribution is 5.76. The molecule has 17 heavy (non-hydrogen) atoms. The van der Waals surface area contributed by atoms with E-state index in [-0.39, 0.29) is 12.0 Å². The Morgan fingerprint density at radius 3 is 3.18 bits per heavy atom. The molecule has 1 saturated heterocycles. The maximum atomic E-state index is 11.9. The van der Waals surface area contributed by atoms with Crippen molar-refractivity contribution < 1.29 is 9.90 Å². The fourth-order valence-corrected chi connectivity index (χ4v) is 2.30. The van der Waals surface area contributed by atoms with Crippen molar-refractivity contribution >= 4 is 5.91 Å². The van der Waals surface area contributed by atoms with Crippen molar-refractivity contribution in [1.29, 1.82) is 0 Å². The number of piperidine rings is 1. The first-order chi connectivity index (χ1) is 8.25. The van der Waals surface area contributed by atoms with Crippen LogP contribution in [0, 0.1) is 0 Å². The summed E-state index contributed by atoms with van der Waals surface area (Å²) in [6, 6.07) is 2.04. The largest absolute Gasteiger partial charge is 0.391 e. The Morgan fingerprint density at radius 1 is 1.59 bits per heavy atom. The minimum atomic E-state index is -0.322. The minimum Gasteiger partial charge on any atom is -0.391 e. The molecule has 0 radical (unpaired) electrons. The van der Waals surface area contributed by atoms with Gasteiger partial charge in [0.05, 0.1) is 6.10 Å². The average molecular weight is 236 g/mol. The third kappa shape index (κ3) is 3.60. The second-order valence-electron chi connectivity index (χ2n) is 4.71. The maximum Gasteiger partial charge on any atom is 0.222 e. The van der Waals surface area contributed by atoms with Gasteiger partial charge in [-0.3, -0.25) is 4.79 Å². The van der Waals surface area contributed by atoms with E-state index < -0.39 is 0 Å². The number of β-amino-alcohol motifs (C(OH)–C–C–N with tert-alkyl or cyclic N) is 1. The summed E-state index contributed by atoms with van der Waals surface area (Å²) in [6.07, 6.45) is 7.69. The fourth-order valence-electron chi connectivity index (χ4n) is 2.30. The van der Waals surface area contributed by atoms with Crippen molar-refractivity contribution in [1.82, 2.24) is 9.88 Å². The zero-order valence-electron chi connectivity index (χ0n) is 10.1. The zero-order valence-corrected chi connectivity index (χ0v) is 10.1. The Hall–Kier alpha value is -1.29. The van der Waals surface area contributed by atoms with E-state index in [1.54, 1.807) is 4.90 Å². The molecule has 2 N–H and O–H groups in total. The van der Waals surface area contributed by atoms with Crippen molar-refractivity contribution in [3.05, 3.63) is 24.0 Å². The summed E-state index contributed by atoms with van der Waals surface area (Å²) in [5.74, 6) is 0.180. The van der Waals surface area contributed by atoms with Crippen molar-refractivity contribution in [2.24, 2.45) is 0 Å². The smallest absolute Gasteiger partial charge is 0.222 e. The monoisotopic (exact) mass is 236 g/mol. The van der Waals surface area contributed by atoms with Crippen LogP contribution < -0.4 is 0 Å². The van der Waals surface area contributed by atoms with Gasteiger partial charge in [0, 0.05) is 31.9 Å². The predicted molar refractivity (Wildman–Crippen MR) is 65.6 cm³/mol. The van der Waals surface area contributed by atoms with E-state index in [0.717, 1.165) is 32.2 Å². The Labute approximate surface area is 102 Å². The molecule has 1 unspecified atom stereocenters. The highest BCUT2D eigenvalue weighted by atomic mass is 16.3. The number of aromatic nitrogens is 1. The lowest BCUT2D eigenvalue weighted by Gasteiger charge is -2.30. The molecular formula is C13H20N2O2. The van der Waals surface area contributed by atoms with Crippen LogP contribution in [0.5, 0.6) is 0 Å². The number of hydrogen-bond acceptors (Lipinski definition) is 2. The number of hydrogen-bond donors (Lipinski definition) is 2. The molecule has 2 heterocycles. The number of carbonyl (C=O) groups is 1. The number of amides is 1. The van der Waals surface area contributed by atoms with E-state index in [1.165, 1.54) is 5.56 Å². The van der Waals surface area contributed by atoms with Crippen molar-refractivity contribution in [3.63, 3.8) is 0 Å². The van der Waals surface area contributed by atoms with Gasteiger partial charge in [-0.15, -0.1) is 0 Å². The van der Waals surface area contributed by atoms with Gasteiger partial charge in [0.25, 0.3) is 0 Å². The van der Waals surface area contributed by atoms with Crippen LogP contribution in [-0.2, 0) is 11.2 Å². The molecule has 1 amide bonds. The molecule has 0 saturated carbocycles. The molecule has 0 aromatic carbocycles. The molecular weight excluding hydrogens is 216 g/mol. The number of aryl methyl sites for hydroxylation is 1. The van der Waals surface area contributed by atoms with E-state index in [1.807, 2.05) is 18.5 Å². The first kappa shape index (κ1) is 12.2. The summed E-state index contributed by atoms with van der Waals surface area (Å²) in [5.41, 5.74) is 1.25. The molecule has 0 aliphatic carbocycles.